The molecule has 3 aliphatic rings. The standard InChI is InChI=1S/C38H52O26/c1-14(39)50-11-24-28(30(54-18(5)43)33(36(49)60-24)57-21(8)46)63-38-35(59-23(10)48)32(56-20(7)45)29(26(62-38)13-52-16(3)41)64-37-34(58-22(9)47)31(55-19(6)44)27(53-17(4)42)25(61-37)12-51-15(2)40/h24-38,49H,11-13H2,1-10H3/t24-,25-,26-,27+,28+,29+,30+,31+,32+,33-,34-,35-,36-,37+,38+/m1/s1. The molecule has 0 aromatic rings. The topological polar surface area (TPSA) is 329 Å². The van der Waals surface area contributed by atoms with Crippen molar-refractivity contribution in [1.29, 1.82) is 0 Å². The van der Waals surface area contributed by atoms with Crippen molar-refractivity contribution in [2.75, 3.05) is 19.8 Å². The Morgan fingerprint density at radius 3 is 0.906 bits per heavy atom. The van der Waals surface area contributed by atoms with Gasteiger partial charge in [-0.1, -0.05) is 0 Å². The van der Waals surface area contributed by atoms with E-state index in [1.165, 1.54) is 0 Å². The Bertz CT molecular complexity index is 1730. The van der Waals surface area contributed by atoms with Crippen molar-refractivity contribution in [2.45, 2.75) is 161 Å². The maximum atomic E-state index is 12.9. The van der Waals surface area contributed by atoms with Gasteiger partial charge in [-0.05, 0) is 0 Å². The molecular formula is C38H52O26. The first-order chi connectivity index (χ1) is 29.9. The Labute approximate surface area is 364 Å². The van der Waals surface area contributed by atoms with E-state index in [-0.39, 0.29) is 0 Å². The fourth-order valence-corrected chi connectivity index (χ4v) is 6.77. The molecule has 15 atom stereocenters. The smallest absolute Gasteiger partial charge is 0.303 e. The van der Waals surface area contributed by atoms with Gasteiger partial charge in [0.1, 0.15) is 50.3 Å². The maximum Gasteiger partial charge on any atom is 0.303 e. The first kappa shape index (κ1) is 52.8. The number of hydrogen-bond donors (Lipinski definition) is 1. The summed E-state index contributed by atoms with van der Waals surface area (Å²) in [5, 5.41) is 10.9. The molecule has 0 bridgehead atoms. The Morgan fingerprint density at radius 2 is 0.578 bits per heavy atom. The second-order valence-electron chi connectivity index (χ2n) is 14.3. The van der Waals surface area contributed by atoms with Gasteiger partial charge in [0.15, 0.2) is 61.6 Å². The molecule has 360 valence electrons. The zero-order valence-corrected chi connectivity index (χ0v) is 36.4. The summed E-state index contributed by atoms with van der Waals surface area (Å²) in [5.74, 6) is -9.61. The third-order valence-corrected chi connectivity index (χ3v) is 8.84. The molecule has 26 nitrogen and oxygen atoms in total. The Kier molecular flexibility index (Phi) is 19.8. The Hall–Kier alpha value is -5.54. The highest BCUT2D eigenvalue weighted by Gasteiger charge is 2.59. The van der Waals surface area contributed by atoms with Crippen LogP contribution in [0.3, 0.4) is 0 Å². The first-order valence-electron chi connectivity index (χ1n) is 19.4. The molecule has 0 spiro atoms. The maximum absolute atomic E-state index is 12.9. The molecule has 0 radical (unpaired) electrons. The molecule has 3 saturated heterocycles. The van der Waals surface area contributed by atoms with Gasteiger partial charge in [-0.15, -0.1) is 0 Å². The summed E-state index contributed by atoms with van der Waals surface area (Å²) < 4.78 is 84.2. The summed E-state index contributed by atoms with van der Waals surface area (Å²) in [7, 11) is 0. The molecule has 0 aliphatic carbocycles. The predicted octanol–water partition coefficient (Wildman–Crippen LogP) is -1.86. The second kappa shape index (κ2) is 23.9. The van der Waals surface area contributed by atoms with E-state index >= 15 is 0 Å². The minimum absolute atomic E-state index is 0.681. The van der Waals surface area contributed by atoms with Crippen molar-refractivity contribution < 1.29 is 124 Å². The van der Waals surface area contributed by atoms with Gasteiger partial charge in [-0.3, -0.25) is 47.9 Å². The van der Waals surface area contributed by atoms with E-state index in [9.17, 15) is 53.1 Å². The lowest BCUT2D eigenvalue weighted by Gasteiger charge is -2.50. The lowest BCUT2D eigenvalue weighted by molar-refractivity contribution is -0.378. The number of aliphatic hydroxyl groups excluding tert-OH is 1. The van der Waals surface area contributed by atoms with Crippen LogP contribution in [0.15, 0.2) is 0 Å². The van der Waals surface area contributed by atoms with Crippen LogP contribution in [0.2, 0.25) is 0 Å². The van der Waals surface area contributed by atoms with Gasteiger partial charge in [0, 0.05) is 69.2 Å². The van der Waals surface area contributed by atoms with Crippen LogP contribution in [0, 0.1) is 0 Å². The van der Waals surface area contributed by atoms with Gasteiger partial charge in [-0.25, -0.2) is 0 Å². The zero-order valence-electron chi connectivity index (χ0n) is 36.4. The van der Waals surface area contributed by atoms with Crippen molar-refractivity contribution in [3.63, 3.8) is 0 Å². The summed E-state index contributed by atoms with van der Waals surface area (Å²) in [5.41, 5.74) is 0. The molecule has 26 heteroatoms. The second-order valence-corrected chi connectivity index (χ2v) is 14.3. The van der Waals surface area contributed by atoms with E-state index in [0.717, 1.165) is 69.2 Å². The van der Waals surface area contributed by atoms with E-state index in [0.29, 0.717) is 0 Å². The molecule has 0 saturated carbocycles. The quantitative estimate of drug-likeness (QED) is 0.123. The van der Waals surface area contributed by atoms with Gasteiger partial charge in [-0.2, -0.15) is 0 Å². The van der Waals surface area contributed by atoms with Crippen LogP contribution in [0.5, 0.6) is 0 Å². The number of ether oxygens (including phenoxy) is 15. The summed E-state index contributed by atoms with van der Waals surface area (Å²) in [6.07, 6.45) is -27.2. The van der Waals surface area contributed by atoms with Crippen molar-refractivity contribution in [3.05, 3.63) is 0 Å². The average Bonchev–Trinajstić information content (AvgIpc) is 3.15. The van der Waals surface area contributed by atoms with E-state index in [1.54, 1.807) is 0 Å². The number of carbonyl (C=O) groups is 10. The van der Waals surface area contributed by atoms with Crippen molar-refractivity contribution in [2.24, 2.45) is 0 Å². The predicted molar refractivity (Wildman–Crippen MR) is 197 cm³/mol. The van der Waals surface area contributed by atoms with Gasteiger partial charge in [0.25, 0.3) is 0 Å². The van der Waals surface area contributed by atoms with Crippen molar-refractivity contribution >= 4 is 59.7 Å². The molecule has 0 unspecified atom stereocenters. The largest absolute Gasteiger partial charge is 0.463 e. The molecule has 1 N–H and O–H groups in total. The monoisotopic (exact) mass is 924 g/mol. The van der Waals surface area contributed by atoms with Crippen LogP contribution in [0.1, 0.15) is 69.2 Å². The minimum atomic E-state index is -2.02. The number of hydrogen-bond acceptors (Lipinski definition) is 26. The third-order valence-electron chi connectivity index (χ3n) is 8.84. The summed E-state index contributed by atoms with van der Waals surface area (Å²) >= 11 is 0. The molecule has 0 aromatic carbocycles. The highest BCUT2D eigenvalue weighted by Crippen LogP contribution is 2.38. The van der Waals surface area contributed by atoms with Gasteiger partial charge < -0.3 is 76.2 Å². The van der Waals surface area contributed by atoms with Crippen molar-refractivity contribution in [1.82, 2.24) is 0 Å². The van der Waals surface area contributed by atoms with Gasteiger partial charge in [0.2, 0.25) is 0 Å². The van der Waals surface area contributed by atoms with Crippen molar-refractivity contribution in [3.8, 4) is 0 Å². The fourth-order valence-electron chi connectivity index (χ4n) is 6.77. The molecular weight excluding hydrogens is 872 g/mol. The lowest BCUT2D eigenvalue weighted by atomic mass is 9.95. The first-order valence-corrected chi connectivity index (χ1v) is 19.4. The van der Waals surface area contributed by atoms with Crippen LogP contribution < -0.4 is 0 Å². The van der Waals surface area contributed by atoms with Crippen LogP contribution >= 0.6 is 0 Å². The number of esters is 10. The van der Waals surface area contributed by atoms with E-state index in [1.807, 2.05) is 0 Å². The molecule has 0 amide bonds. The zero-order chi connectivity index (χ0) is 48.2. The SMILES string of the molecule is CC(=O)OC[C@H]1O[C@@H](O)[C@H](OC(C)=O)[C@@H](OC(C)=O)[C@H]1O[C@@H]1O[C@H](COC(C)=O)[C@H](O[C@@H]2O[C@H](COC(C)=O)[C@H](OC(C)=O)[C@H](OC(C)=O)[C@H]2OC(C)=O)[C@H](OC(C)=O)[C@H]1OC(C)=O. The molecule has 3 rings (SSSR count). The van der Waals surface area contributed by atoms with E-state index < -0.39 is 172 Å². The molecule has 64 heavy (non-hydrogen) atoms. The summed E-state index contributed by atoms with van der Waals surface area (Å²) in [6.45, 7) is 7.65. The van der Waals surface area contributed by atoms with E-state index in [2.05, 4.69) is 0 Å². The Morgan fingerprint density at radius 1 is 0.328 bits per heavy atom. The van der Waals surface area contributed by atoms with Gasteiger partial charge >= 0.3 is 59.7 Å². The summed E-state index contributed by atoms with van der Waals surface area (Å²) in [4.78, 5) is 124. The van der Waals surface area contributed by atoms with Crippen LogP contribution in [0.4, 0.5) is 0 Å². The highest BCUT2D eigenvalue weighted by atomic mass is 16.8. The van der Waals surface area contributed by atoms with Crippen LogP contribution in [-0.4, -0.2) is 177 Å². The van der Waals surface area contributed by atoms with Crippen LogP contribution in [-0.2, 0) is 119 Å². The Balaban J connectivity index is 2.28. The molecule has 3 fully saturated rings. The normalized spacial score (nSPS) is 32.3. The minimum Gasteiger partial charge on any atom is -0.463 e. The average molecular weight is 925 g/mol. The molecule has 0 aromatic heterocycles. The summed E-state index contributed by atoms with van der Waals surface area (Å²) in [6, 6.07) is 0. The number of rotatable bonds is 17. The third kappa shape index (κ3) is 15.6. The highest BCUT2D eigenvalue weighted by molar-refractivity contribution is 5.70. The molecule has 3 aliphatic heterocycles. The fraction of sp³-hybridized carbons (Fsp3) is 0.737. The molecule has 3 heterocycles. The lowest BCUT2D eigenvalue weighted by Crippen LogP contribution is -2.68. The van der Waals surface area contributed by atoms with E-state index in [4.69, 9.17) is 71.1 Å². The van der Waals surface area contributed by atoms with Crippen LogP contribution in [0.25, 0.3) is 0 Å². The number of carbonyl (C=O) groups excluding carboxylic acids is 10. The van der Waals surface area contributed by atoms with Gasteiger partial charge in [0.05, 0.1) is 0 Å². The number of aliphatic hydroxyl groups is 1.